The number of nitrogens with zero attached hydrogens (tertiary/aromatic N) is 4. The van der Waals surface area contributed by atoms with Gasteiger partial charge in [0, 0.05) is 30.6 Å². The van der Waals surface area contributed by atoms with Crippen molar-refractivity contribution in [1.29, 1.82) is 0 Å². The number of likely N-dealkylation sites (tertiary alicyclic amines) is 1. The molecule has 0 saturated carbocycles. The Morgan fingerprint density at radius 1 is 1.26 bits per heavy atom. The summed E-state index contributed by atoms with van der Waals surface area (Å²) in [6, 6.07) is 3.24. The molecule has 144 valence electrons. The molecule has 7 nitrogen and oxygen atoms in total. The monoisotopic (exact) mass is 387 g/mol. The van der Waals surface area contributed by atoms with E-state index in [1.54, 1.807) is 28.2 Å². The Bertz CT molecular complexity index is 859. The number of piperidine rings is 1. The van der Waals surface area contributed by atoms with E-state index in [9.17, 15) is 9.59 Å². The van der Waals surface area contributed by atoms with E-state index in [0.29, 0.717) is 25.6 Å². The third-order valence-corrected chi connectivity index (χ3v) is 6.47. The number of amides is 2. The van der Waals surface area contributed by atoms with E-state index in [2.05, 4.69) is 15.4 Å². The van der Waals surface area contributed by atoms with Crippen molar-refractivity contribution in [2.75, 3.05) is 18.4 Å². The molecule has 1 saturated heterocycles. The van der Waals surface area contributed by atoms with E-state index < -0.39 is 0 Å². The van der Waals surface area contributed by atoms with Crippen molar-refractivity contribution < 1.29 is 4.79 Å². The van der Waals surface area contributed by atoms with E-state index in [-0.39, 0.29) is 11.6 Å². The summed E-state index contributed by atoms with van der Waals surface area (Å²) in [6.45, 7) is 3.90. The van der Waals surface area contributed by atoms with Gasteiger partial charge in [-0.3, -0.25) is 10.1 Å². The Hall–Kier alpha value is -2.22. The lowest BCUT2D eigenvalue weighted by atomic mass is 9.97. The second-order valence-corrected chi connectivity index (χ2v) is 8.54. The van der Waals surface area contributed by atoms with Crippen molar-refractivity contribution >= 4 is 22.5 Å². The van der Waals surface area contributed by atoms with Gasteiger partial charge in [-0.25, -0.2) is 14.5 Å². The van der Waals surface area contributed by atoms with Crippen LogP contribution < -0.4 is 10.9 Å². The van der Waals surface area contributed by atoms with Gasteiger partial charge in [0.05, 0.1) is 11.4 Å². The van der Waals surface area contributed by atoms with E-state index in [0.717, 1.165) is 42.2 Å². The molecule has 0 unspecified atom stereocenters. The van der Waals surface area contributed by atoms with E-state index in [1.807, 2.05) is 11.8 Å². The molecular formula is C19H25N5O2S. The third-order valence-electron chi connectivity index (χ3n) is 5.39. The molecule has 1 N–H and O–H groups in total. The summed E-state index contributed by atoms with van der Waals surface area (Å²) < 4.78 is 1.55. The predicted octanol–water partition coefficient (Wildman–Crippen LogP) is 2.83. The number of nitrogens with one attached hydrogen (secondary N) is 1. The van der Waals surface area contributed by atoms with Gasteiger partial charge in [-0.05, 0) is 57.4 Å². The molecule has 1 aliphatic heterocycles. The highest BCUT2D eigenvalue weighted by Gasteiger charge is 2.25. The average molecular weight is 388 g/mol. The molecule has 1 fully saturated rings. The summed E-state index contributed by atoms with van der Waals surface area (Å²) in [7, 11) is 0. The first-order valence-electron chi connectivity index (χ1n) is 9.68. The van der Waals surface area contributed by atoms with Crippen LogP contribution in [0.15, 0.2) is 16.9 Å². The van der Waals surface area contributed by atoms with Gasteiger partial charge in [-0.1, -0.05) is 0 Å². The number of carbonyl (C=O) groups excluding carboxylic acids is 1. The summed E-state index contributed by atoms with van der Waals surface area (Å²) in [5, 5.41) is 8.02. The highest BCUT2D eigenvalue weighted by molar-refractivity contribution is 7.15. The van der Waals surface area contributed by atoms with Crippen LogP contribution in [-0.2, 0) is 19.4 Å². The maximum absolute atomic E-state index is 12.6. The Morgan fingerprint density at radius 2 is 2.04 bits per heavy atom. The number of hydrogen-bond donors (Lipinski definition) is 1. The number of aryl methyl sites for hydroxylation is 3. The topological polar surface area (TPSA) is 80.1 Å². The first-order chi connectivity index (χ1) is 13.1. The van der Waals surface area contributed by atoms with E-state index in [1.165, 1.54) is 17.7 Å². The summed E-state index contributed by atoms with van der Waals surface area (Å²) >= 11 is 1.62. The number of thiazole rings is 1. The normalized spacial score (nSPS) is 17.6. The molecule has 0 radical (unpaired) electrons. The van der Waals surface area contributed by atoms with Crippen molar-refractivity contribution in [2.45, 2.75) is 52.0 Å². The zero-order chi connectivity index (χ0) is 18.8. The Labute approximate surface area is 162 Å². The largest absolute Gasteiger partial charge is 0.324 e. The van der Waals surface area contributed by atoms with E-state index >= 15 is 0 Å². The molecule has 27 heavy (non-hydrogen) atoms. The number of hydrogen-bond acceptors (Lipinski definition) is 5. The van der Waals surface area contributed by atoms with Gasteiger partial charge >= 0.3 is 6.03 Å². The van der Waals surface area contributed by atoms with Gasteiger partial charge in [0.1, 0.15) is 0 Å². The van der Waals surface area contributed by atoms with Gasteiger partial charge in [0.25, 0.3) is 5.56 Å². The quantitative estimate of drug-likeness (QED) is 0.878. The number of carbonyl (C=O) groups is 1. The van der Waals surface area contributed by atoms with E-state index in [4.69, 9.17) is 0 Å². The zero-order valence-electron chi connectivity index (χ0n) is 15.6. The van der Waals surface area contributed by atoms with Gasteiger partial charge < -0.3 is 4.90 Å². The predicted molar refractivity (Wildman–Crippen MR) is 105 cm³/mol. The highest BCUT2D eigenvalue weighted by Crippen LogP contribution is 2.30. The van der Waals surface area contributed by atoms with Crippen LogP contribution in [0.5, 0.6) is 0 Å². The second kappa shape index (κ2) is 7.80. The molecule has 0 bridgehead atoms. The number of urea groups is 1. The molecule has 2 aromatic rings. The zero-order valence-corrected chi connectivity index (χ0v) is 16.4. The van der Waals surface area contributed by atoms with Crippen LogP contribution in [-0.4, -0.2) is 38.8 Å². The maximum Gasteiger partial charge on any atom is 0.323 e. The highest BCUT2D eigenvalue weighted by atomic mass is 32.1. The van der Waals surface area contributed by atoms with Crippen LogP contribution in [0.1, 0.15) is 41.9 Å². The minimum Gasteiger partial charge on any atom is -0.324 e. The van der Waals surface area contributed by atoms with Crippen LogP contribution in [0.4, 0.5) is 9.93 Å². The lowest BCUT2D eigenvalue weighted by Crippen LogP contribution is -2.42. The van der Waals surface area contributed by atoms with Crippen LogP contribution in [0, 0.1) is 12.8 Å². The summed E-state index contributed by atoms with van der Waals surface area (Å²) in [4.78, 5) is 32.2. The number of anilines is 1. The van der Waals surface area contributed by atoms with Crippen molar-refractivity contribution in [1.82, 2.24) is 19.7 Å². The molecule has 2 aromatic heterocycles. The fourth-order valence-electron chi connectivity index (χ4n) is 3.82. The molecule has 2 aliphatic rings. The van der Waals surface area contributed by atoms with Gasteiger partial charge in [-0.15, -0.1) is 11.3 Å². The molecule has 1 aliphatic carbocycles. The van der Waals surface area contributed by atoms with Crippen molar-refractivity contribution in [3.8, 4) is 0 Å². The molecule has 0 spiro atoms. The van der Waals surface area contributed by atoms with Gasteiger partial charge in [-0.2, -0.15) is 5.10 Å². The fourth-order valence-corrected chi connectivity index (χ4v) is 4.86. The molecule has 0 atom stereocenters. The minimum atomic E-state index is -0.0644. The minimum absolute atomic E-state index is 0.0616. The Morgan fingerprint density at radius 3 is 2.81 bits per heavy atom. The lowest BCUT2D eigenvalue weighted by molar-refractivity contribution is 0.174. The first-order valence-corrected chi connectivity index (χ1v) is 10.5. The maximum atomic E-state index is 12.6. The first kappa shape index (κ1) is 18.2. The molecule has 8 heteroatoms. The Balaban J connectivity index is 1.31. The standard InChI is InChI=1S/C19H25N5O2S/c1-13-6-7-17(25)24(22-13)12-14-8-10-23(11-9-14)19(26)21-18-20-15-4-2-3-5-16(15)27-18/h6-7,14H,2-5,8-12H2,1H3,(H,20,21,26). The number of fused-ring (bicyclic) bond motifs is 1. The van der Waals surface area contributed by atoms with Crippen molar-refractivity contribution in [2.24, 2.45) is 5.92 Å². The molecule has 2 amide bonds. The molecule has 0 aromatic carbocycles. The summed E-state index contributed by atoms with van der Waals surface area (Å²) in [5.74, 6) is 0.369. The summed E-state index contributed by atoms with van der Waals surface area (Å²) in [5.41, 5.74) is 1.95. The molecule has 3 heterocycles. The smallest absolute Gasteiger partial charge is 0.323 e. The number of aromatic nitrogens is 3. The fraction of sp³-hybridized carbons (Fsp3) is 0.579. The number of rotatable bonds is 3. The average Bonchev–Trinajstić information content (AvgIpc) is 3.07. The van der Waals surface area contributed by atoms with Gasteiger partial charge in [0.15, 0.2) is 5.13 Å². The van der Waals surface area contributed by atoms with Crippen LogP contribution >= 0.6 is 11.3 Å². The third kappa shape index (κ3) is 4.21. The lowest BCUT2D eigenvalue weighted by Gasteiger charge is -2.31. The second-order valence-electron chi connectivity index (χ2n) is 7.45. The van der Waals surface area contributed by atoms with Crippen LogP contribution in [0.3, 0.4) is 0 Å². The SMILES string of the molecule is Cc1ccc(=O)n(CC2CCN(C(=O)Nc3nc4c(s3)CCCC4)CC2)n1. The van der Waals surface area contributed by atoms with Crippen LogP contribution in [0.2, 0.25) is 0 Å². The van der Waals surface area contributed by atoms with Crippen molar-refractivity contribution in [3.05, 3.63) is 38.8 Å². The van der Waals surface area contributed by atoms with Crippen molar-refractivity contribution in [3.63, 3.8) is 0 Å². The molecule has 4 rings (SSSR count). The Kier molecular flexibility index (Phi) is 5.24. The summed E-state index contributed by atoms with van der Waals surface area (Å²) in [6.07, 6.45) is 6.28. The van der Waals surface area contributed by atoms with Gasteiger partial charge in [0.2, 0.25) is 0 Å². The van der Waals surface area contributed by atoms with Crippen LogP contribution in [0.25, 0.3) is 0 Å². The molecular weight excluding hydrogens is 362 g/mol.